The summed E-state index contributed by atoms with van der Waals surface area (Å²) in [6, 6.07) is 3.67. The molecule has 0 aromatic carbocycles. The van der Waals surface area contributed by atoms with Crippen molar-refractivity contribution in [3.05, 3.63) is 23.9 Å². The molecule has 1 aromatic rings. The first-order valence-electron chi connectivity index (χ1n) is 9.35. The van der Waals surface area contributed by atoms with Crippen LogP contribution in [0.1, 0.15) is 50.1 Å². The molecule has 1 saturated heterocycles. The Balaban J connectivity index is 1.63. The summed E-state index contributed by atoms with van der Waals surface area (Å²) < 4.78 is 5.12. The first-order valence-corrected chi connectivity index (χ1v) is 9.35. The predicted octanol–water partition coefficient (Wildman–Crippen LogP) is 1.89. The molecule has 2 heterocycles. The number of nitrogens with zero attached hydrogens (tertiary/aromatic N) is 2. The molecule has 0 radical (unpaired) electrons. The summed E-state index contributed by atoms with van der Waals surface area (Å²) in [4.78, 5) is 19.1. The number of hydrogen-bond acceptors (Lipinski definition) is 5. The predicted molar refractivity (Wildman–Crippen MR) is 95.3 cm³/mol. The maximum atomic E-state index is 12.6. The van der Waals surface area contributed by atoms with E-state index in [2.05, 4.69) is 15.2 Å². The van der Waals surface area contributed by atoms with E-state index in [0.717, 1.165) is 31.5 Å². The third-order valence-corrected chi connectivity index (χ3v) is 5.33. The van der Waals surface area contributed by atoms with Gasteiger partial charge in [-0.2, -0.15) is 0 Å². The van der Waals surface area contributed by atoms with Gasteiger partial charge in [-0.25, -0.2) is 4.98 Å². The summed E-state index contributed by atoms with van der Waals surface area (Å²) in [7, 11) is 1.59. The molecule has 2 aliphatic rings. The molecule has 1 atom stereocenters. The summed E-state index contributed by atoms with van der Waals surface area (Å²) in [6.07, 6.45) is 7.83. The lowest BCUT2D eigenvalue weighted by atomic mass is 9.75. The number of rotatable bonds is 6. The largest absolute Gasteiger partial charge is 0.481 e. The Morgan fingerprint density at radius 1 is 1.32 bits per heavy atom. The third-order valence-electron chi connectivity index (χ3n) is 5.33. The first-order chi connectivity index (χ1) is 12.2. The number of ether oxygens (including phenoxy) is 1. The Hall–Kier alpha value is -1.66. The van der Waals surface area contributed by atoms with Crippen molar-refractivity contribution in [2.45, 2.75) is 50.7 Å². The number of hydrogen-bond donors (Lipinski definition) is 2. The third kappa shape index (κ3) is 4.92. The van der Waals surface area contributed by atoms with Crippen LogP contribution in [-0.4, -0.2) is 53.7 Å². The van der Waals surface area contributed by atoms with Gasteiger partial charge in [-0.15, -0.1) is 0 Å². The van der Waals surface area contributed by atoms with Crippen LogP contribution in [0.2, 0.25) is 0 Å². The lowest BCUT2D eigenvalue weighted by Crippen LogP contribution is -2.45. The molecule has 1 saturated carbocycles. The van der Waals surface area contributed by atoms with Gasteiger partial charge in [-0.3, -0.25) is 9.69 Å². The fourth-order valence-corrected chi connectivity index (χ4v) is 3.79. The zero-order valence-corrected chi connectivity index (χ0v) is 15.0. The Kier molecular flexibility index (Phi) is 6.26. The van der Waals surface area contributed by atoms with Gasteiger partial charge in [-0.05, 0) is 50.3 Å². The number of pyridine rings is 1. The molecule has 1 amide bonds. The van der Waals surface area contributed by atoms with Gasteiger partial charge in [0, 0.05) is 12.3 Å². The Labute approximate surface area is 149 Å². The van der Waals surface area contributed by atoms with E-state index in [-0.39, 0.29) is 24.0 Å². The van der Waals surface area contributed by atoms with E-state index < -0.39 is 0 Å². The zero-order chi connectivity index (χ0) is 17.6. The van der Waals surface area contributed by atoms with Crippen LogP contribution in [0, 0.1) is 5.92 Å². The van der Waals surface area contributed by atoms with Gasteiger partial charge in [0.15, 0.2) is 0 Å². The van der Waals surface area contributed by atoms with Crippen molar-refractivity contribution < 1.29 is 14.6 Å². The highest BCUT2D eigenvalue weighted by molar-refractivity contribution is 5.78. The van der Waals surface area contributed by atoms with Crippen molar-refractivity contribution in [2.24, 2.45) is 5.92 Å². The standard InChI is InChI=1S/C19H29N3O3/c1-25-18-7-6-14(12-20-18)19(15-10-16(23)11-15)21-17(24)13-22-8-4-2-3-5-9-22/h6-7,12,15-16,19,23H,2-5,8-11,13H2,1H3,(H,21,24). The summed E-state index contributed by atoms with van der Waals surface area (Å²) in [5.74, 6) is 0.884. The number of aromatic nitrogens is 1. The average Bonchev–Trinajstić information content (AvgIpc) is 2.86. The van der Waals surface area contributed by atoms with Crippen molar-refractivity contribution in [3.8, 4) is 5.88 Å². The van der Waals surface area contributed by atoms with Crippen LogP contribution in [0.25, 0.3) is 0 Å². The molecule has 6 heteroatoms. The molecule has 1 aliphatic carbocycles. The van der Waals surface area contributed by atoms with E-state index in [1.807, 2.05) is 12.1 Å². The van der Waals surface area contributed by atoms with E-state index in [0.29, 0.717) is 12.4 Å². The van der Waals surface area contributed by atoms with Gasteiger partial charge < -0.3 is 15.2 Å². The topological polar surface area (TPSA) is 74.7 Å². The number of likely N-dealkylation sites (tertiary alicyclic amines) is 1. The number of aliphatic hydroxyl groups excluding tert-OH is 1. The second-order valence-corrected chi connectivity index (χ2v) is 7.25. The van der Waals surface area contributed by atoms with E-state index >= 15 is 0 Å². The highest BCUT2D eigenvalue weighted by Gasteiger charge is 2.36. The minimum absolute atomic E-state index is 0.0594. The molecule has 6 nitrogen and oxygen atoms in total. The number of carbonyl (C=O) groups is 1. The molecule has 2 fully saturated rings. The number of amides is 1. The van der Waals surface area contributed by atoms with Gasteiger partial charge in [-0.1, -0.05) is 18.9 Å². The maximum Gasteiger partial charge on any atom is 0.234 e. The second kappa shape index (κ2) is 8.63. The molecule has 1 aromatic heterocycles. The summed E-state index contributed by atoms with van der Waals surface area (Å²) >= 11 is 0. The number of methoxy groups -OCH3 is 1. The second-order valence-electron chi connectivity index (χ2n) is 7.25. The SMILES string of the molecule is COc1ccc(C(NC(=O)CN2CCCCCC2)C2CC(O)C2)cn1. The monoisotopic (exact) mass is 347 g/mol. The molecule has 138 valence electrons. The van der Waals surface area contributed by atoms with Crippen LogP contribution in [0.5, 0.6) is 5.88 Å². The first kappa shape index (κ1) is 18.1. The van der Waals surface area contributed by atoms with Crippen molar-refractivity contribution in [2.75, 3.05) is 26.7 Å². The van der Waals surface area contributed by atoms with E-state index in [4.69, 9.17) is 4.74 Å². The normalized spacial score (nSPS) is 25.5. The van der Waals surface area contributed by atoms with Crippen molar-refractivity contribution in [1.29, 1.82) is 0 Å². The van der Waals surface area contributed by atoms with Gasteiger partial charge >= 0.3 is 0 Å². The van der Waals surface area contributed by atoms with Crippen LogP contribution >= 0.6 is 0 Å². The summed E-state index contributed by atoms with van der Waals surface area (Å²) in [5.41, 5.74) is 0.974. The molecular formula is C19H29N3O3. The number of carbonyl (C=O) groups excluding carboxylic acids is 1. The Morgan fingerprint density at radius 3 is 2.60 bits per heavy atom. The van der Waals surface area contributed by atoms with Crippen molar-refractivity contribution >= 4 is 5.91 Å². The molecule has 3 rings (SSSR count). The molecule has 0 spiro atoms. The highest BCUT2D eigenvalue weighted by atomic mass is 16.5. The summed E-state index contributed by atoms with van der Waals surface area (Å²) in [5, 5.41) is 12.9. The minimum Gasteiger partial charge on any atom is -0.481 e. The number of aliphatic hydroxyl groups is 1. The lowest BCUT2D eigenvalue weighted by molar-refractivity contribution is -0.124. The van der Waals surface area contributed by atoms with Crippen LogP contribution in [0.15, 0.2) is 18.3 Å². The highest BCUT2D eigenvalue weighted by Crippen LogP contribution is 2.38. The Morgan fingerprint density at radius 2 is 2.04 bits per heavy atom. The molecule has 0 bridgehead atoms. The van der Waals surface area contributed by atoms with E-state index in [1.165, 1.54) is 25.7 Å². The van der Waals surface area contributed by atoms with Gasteiger partial charge in [0.25, 0.3) is 0 Å². The molecule has 1 unspecified atom stereocenters. The van der Waals surface area contributed by atoms with E-state index in [9.17, 15) is 9.90 Å². The molecule has 1 aliphatic heterocycles. The number of nitrogens with one attached hydrogen (secondary N) is 1. The van der Waals surface area contributed by atoms with Crippen LogP contribution in [-0.2, 0) is 4.79 Å². The van der Waals surface area contributed by atoms with E-state index in [1.54, 1.807) is 13.3 Å². The maximum absolute atomic E-state index is 12.6. The zero-order valence-electron chi connectivity index (χ0n) is 15.0. The van der Waals surface area contributed by atoms with Crippen LogP contribution in [0.4, 0.5) is 0 Å². The van der Waals surface area contributed by atoms with Crippen molar-refractivity contribution in [3.63, 3.8) is 0 Å². The molecule has 25 heavy (non-hydrogen) atoms. The van der Waals surface area contributed by atoms with Gasteiger partial charge in [0.2, 0.25) is 11.8 Å². The lowest BCUT2D eigenvalue weighted by Gasteiger charge is -2.38. The van der Waals surface area contributed by atoms with Crippen LogP contribution in [0.3, 0.4) is 0 Å². The quantitative estimate of drug-likeness (QED) is 0.822. The van der Waals surface area contributed by atoms with Crippen molar-refractivity contribution in [1.82, 2.24) is 15.2 Å². The Bertz CT molecular complexity index is 550. The smallest absolute Gasteiger partial charge is 0.234 e. The summed E-state index contributed by atoms with van der Waals surface area (Å²) in [6.45, 7) is 2.46. The fourth-order valence-electron chi connectivity index (χ4n) is 3.79. The van der Waals surface area contributed by atoms with Gasteiger partial charge in [0.1, 0.15) is 0 Å². The fraction of sp³-hybridized carbons (Fsp3) is 0.684. The minimum atomic E-state index is -0.249. The molecular weight excluding hydrogens is 318 g/mol. The van der Waals surface area contributed by atoms with Crippen LogP contribution < -0.4 is 10.1 Å². The average molecular weight is 347 g/mol. The van der Waals surface area contributed by atoms with Gasteiger partial charge in [0.05, 0.1) is 25.8 Å². The molecule has 2 N–H and O–H groups in total.